The topological polar surface area (TPSA) is 49.4 Å². The molecule has 196 valence electrons. The molecule has 37 heavy (non-hydrogen) atoms. The fourth-order valence-electron chi connectivity index (χ4n) is 3.79. The summed E-state index contributed by atoms with van der Waals surface area (Å²) in [5.41, 5.74) is 2.27. The Bertz CT molecular complexity index is 1220. The third-order valence-corrected chi connectivity index (χ3v) is 7.64. The summed E-state index contributed by atoms with van der Waals surface area (Å²) in [7, 11) is 0. The molecule has 1 atom stereocenters. The number of hydrogen-bond acceptors (Lipinski definition) is 3. The molecule has 0 spiro atoms. The molecule has 0 saturated heterocycles. The van der Waals surface area contributed by atoms with Gasteiger partial charge in [0.15, 0.2) is 0 Å². The normalized spacial score (nSPS) is 12.2. The van der Waals surface area contributed by atoms with Gasteiger partial charge >= 0.3 is 0 Å². The average molecular weight is 578 g/mol. The fraction of sp³-hybridized carbons (Fsp3) is 0.310. The molecule has 0 aromatic heterocycles. The quantitative estimate of drug-likeness (QED) is 0.272. The van der Waals surface area contributed by atoms with E-state index in [9.17, 15) is 9.59 Å². The summed E-state index contributed by atoms with van der Waals surface area (Å²) in [6.45, 7) is 6.01. The molecule has 0 aliphatic carbocycles. The number of amides is 2. The second-order valence-corrected chi connectivity index (χ2v) is 12.0. The summed E-state index contributed by atoms with van der Waals surface area (Å²) in [5, 5.41) is 4.59. The molecule has 0 radical (unpaired) electrons. The van der Waals surface area contributed by atoms with Crippen molar-refractivity contribution < 1.29 is 9.59 Å². The lowest BCUT2D eigenvalue weighted by atomic mass is 10.0. The molecule has 8 heteroatoms. The van der Waals surface area contributed by atoms with Gasteiger partial charge in [-0.15, -0.1) is 11.8 Å². The Morgan fingerprint density at radius 1 is 0.865 bits per heavy atom. The van der Waals surface area contributed by atoms with Crippen LogP contribution in [0.5, 0.6) is 0 Å². The predicted molar refractivity (Wildman–Crippen MR) is 156 cm³/mol. The first kappa shape index (κ1) is 29.4. The summed E-state index contributed by atoms with van der Waals surface area (Å²) in [5.74, 6) is 0.431. The molecule has 0 aliphatic heterocycles. The number of nitrogens with zero attached hydrogens (tertiary/aromatic N) is 1. The molecular weight excluding hydrogens is 547 g/mol. The smallest absolute Gasteiger partial charge is 0.243 e. The highest BCUT2D eigenvalue weighted by Crippen LogP contribution is 2.26. The number of benzene rings is 3. The van der Waals surface area contributed by atoms with Crippen molar-refractivity contribution in [3.8, 4) is 0 Å². The molecule has 0 aliphatic rings. The lowest BCUT2D eigenvalue weighted by molar-refractivity contribution is -0.140. The molecule has 2 amide bonds. The Morgan fingerprint density at radius 3 is 2.19 bits per heavy atom. The SMILES string of the molecule is CC(C)(C)NC(=O)[C@@H](Cc1ccccc1)N(Cc1ccccc1Cl)C(=O)CSCc1ccc(Cl)c(Cl)c1. The Kier molecular flexibility index (Phi) is 10.8. The highest BCUT2D eigenvalue weighted by atomic mass is 35.5. The van der Waals surface area contributed by atoms with Crippen LogP contribution >= 0.6 is 46.6 Å². The molecule has 0 bridgehead atoms. The van der Waals surface area contributed by atoms with Gasteiger partial charge in [0.25, 0.3) is 0 Å². The maximum Gasteiger partial charge on any atom is 0.243 e. The van der Waals surface area contributed by atoms with Gasteiger partial charge < -0.3 is 10.2 Å². The number of halogens is 3. The molecule has 0 unspecified atom stereocenters. The van der Waals surface area contributed by atoms with Gasteiger partial charge in [-0.3, -0.25) is 9.59 Å². The van der Waals surface area contributed by atoms with E-state index in [0.29, 0.717) is 27.2 Å². The first-order chi connectivity index (χ1) is 17.5. The van der Waals surface area contributed by atoms with Gasteiger partial charge in [0.2, 0.25) is 11.8 Å². The molecule has 0 heterocycles. The fourth-order valence-corrected chi connectivity index (χ4v) is 5.16. The molecule has 4 nitrogen and oxygen atoms in total. The van der Waals surface area contributed by atoms with Crippen molar-refractivity contribution in [1.82, 2.24) is 10.2 Å². The van der Waals surface area contributed by atoms with Crippen molar-refractivity contribution in [2.45, 2.75) is 51.1 Å². The molecule has 1 N–H and O–H groups in total. The second-order valence-electron chi connectivity index (χ2n) is 9.80. The Labute approximate surface area is 238 Å². The van der Waals surface area contributed by atoms with Crippen LogP contribution in [0.15, 0.2) is 72.8 Å². The van der Waals surface area contributed by atoms with Gasteiger partial charge in [-0.25, -0.2) is 0 Å². The van der Waals surface area contributed by atoms with Crippen molar-refractivity contribution in [3.63, 3.8) is 0 Å². The standard InChI is InChI=1S/C29H31Cl3N2O2S/c1-29(2,3)33-28(36)26(16-20-9-5-4-6-10-20)34(17-22-11-7-8-12-23(22)30)27(35)19-37-18-21-13-14-24(31)25(32)15-21/h4-15,26H,16-19H2,1-3H3,(H,33,36)/t26-/m1/s1. The zero-order valence-electron chi connectivity index (χ0n) is 21.1. The van der Waals surface area contributed by atoms with E-state index >= 15 is 0 Å². The molecule has 3 aromatic carbocycles. The maximum absolute atomic E-state index is 13.7. The molecule has 0 fully saturated rings. The highest BCUT2D eigenvalue weighted by Gasteiger charge is 2.32. The van der Waals surface area contributed by atoms with Crippen LogP contribution in [-0.4, -0.2) is 34.0 Å². The minimum absolute atomic E-state index is 0.144. The van der Waals surface area contributed by atoms with Crippen molar-refractivity contribution >= 4 is 58.4 Å². The third kappa shape index (κ3) is 9.26. The van der Waals surface area contributed by atoms with E-state index < -0.39 is 11.6 Å². The summed E-state index contributed by atoms with van der Waals surface area (Å²) < 4.78 is 0. The molecule has 0 saturated carbocycles. The summed E-state index contributed by atoms with van der Waals surface area (Å²) in [6.07, 6.45) is 0.385. The van der Waals surface area contributed by atoms with E-state index in [1.54, 1.807) is 23.1 Å². The van der Waals surface area contributed by atoms with Crippen LogP contribution in [-0.2, 0) is 28.3 Å². The lowest BCUT2D eigenvalue weighted by Gasteiger charge is -2.34. The number of thioether (sulfide) groups is 1. The van der Waals surface area contributed by atoms with Crippen molar-refractivity contribution in [3.05, 3.63) is 105 Å². The van der Waals surface area contributed by atoms with E-state index in [0.717, 1.165) is 16.7 Å². The monoisotopic (exact) mass is 576 g/mol. The van der Waals surface area contributed by atoms with Gasteiger partial charge in [-0.2, -0.15) is 0 Å². The van der Waals surface area contributed by atoms with Crippen LogP contribution in [0, 0.1) is 0 Å². The summed E-state index contributed by atoms with van der Waals surface area (Å²) in [6, 6.07) is 21.9. The van der Waals surface area contributed by atoms with E-state index in [4.69, 9.17) is 34.8 Å². The largest absolute Gasteiger partial charge is 0.350 e. The predicted octanol–water partition coefficient (Wildman–Crippen LogP) is 7.43. The Hall–Kier alpha value is -2.18. The second kappa shape index (κ2) is 13.6. The van der Waals surface area contributed by atoms with Gasteiger partial charge in [0.1, 0.15) is 6.04 Å². The Balaban J connectivity index is 1.88. The third-order valence-electron chi connectivity index (χ3n) is 5.55. The van der Waals surface area contributed by atoms with Crippen LogP contribution in [0.4, 0.5) is 0 Å². The average Bonchev–Trinajstić information content (AvgIpc) is 2.84. The minimum atomic E-state index is -0.712. The maximum atomic E-state index is 13.7. The van der Waals surface area contributed by atoms with Crippen molar-refractivity contribution in [2.24, 2.45) is 0 Å². The van der Waals surface area contributed by atoms with Crippen LogP contribution < -0.4 is 5.32 Å². The number of hydrogen-bond donors (Lipinski definition) is 1. The first-order valence-corrected chi connectivity index (χ1v) is 14.2. The van der Waals surface area contributed by atoms with Crippen LogP contribution in [0.2, 0.25) is 15.1 Å². The first-order valence-electron chi connectivity index (χ1n) is 11.9. The zero-order chi connectivity index (χ0) is 27.0. The van der Waals surface area contributed by atoms with Crippen molar-refractivity contribution in [2.75, 3.05) is 5.75 Å². The minimum Gasteiger partial charge on any atom is -0.350 e. The summed E-state index contributed by atoms with van der Waals surface area (Å²) in [4.78, 5) is 28.9. The van der Waals surface area contributed by atoms with Gasteiger partial charge in [-0.05, 0) is 55.7 Å². The molecular formula is C29H31Cl3N2O2S. The van der Waals surface area contributed by atoms with E-state index in [1.165, 1.54) is 11.8 Å². The van der Waals surface area contributed by atoms with Crippen LogP contribution in [0.3, 0.4) is 0 Å². The lowest BCUT2D eigenvalue weighted by Crippen LogP contribution is -2.54. The number of nitrogens with one attached hydrogen (secondary N) is 1. The number of carbonyl (C=O) groups is 2. The van der Waals surface area contributed by atoms with E-state index in [1.807, 2.05) is 75.4 Å². The van der Waals surface area contributed by atoms with Gasteiger partial charge in [0, 0.05) is 29.3 Å². The van der Waals surface area contributed by atoms with Crippen LogP contribution in [0.25, 0.3) is 0 Å². The Morgan fingerprint density at radius 2 is 1.54 bits per heavy atom. The molecule has 3 aromatic rings. The number of carbonyl (C=O) groups excluding carboxylic acids is 2. The van der Waals surface area contributed by atoms with Crippen molar-refractivity contribution in [1.29, 1.82) is 0 Å². The molecule has 3 rings (SSSR count). The number of rotatable bonds is 10. The van der Waals surface area contributed by atoms with Gasteiger partial charge in [-0.1, -0.05) is 89.4 Å². The van der Waals surface area contributed by atoms with E-state index in [2.05, 4.69) is 5.32 Å². The van der Waals surface area contributed by atoms with Crippen LogP contribution in [0.1, 0.15) is 37.5 Å². The van der Waals surface area contributed by atoms with E-state index in [-0.39, 0.29) is 24.1 Å². The summed E-state index contributed by atoms with van der Waals surface area (Å²) >= 11 is 20.1. The zero-order valence-corrected chi connectivity index (χ0v) is 24.2. The van der Waals surface area contributed by atoms with Gasteiger partial charge in [0.05, 0.1) is 15.8 Å². The highest BCUT2D eigenvalue weighted by molar-refractivity contribution is 7.99.